The van der Waals surface area contributed by atoms with Crippen molar-refractivity contribution in [2.24, 2.45) is 5.73 Å². The highest BCUT2D eigenvalue weighted by Crippen LogP contribution is 2.42. The van der Waals surface area contributed by atoms with Gasteiger partial charge in [0.05, 0.1) is 6.04 Å². The molecule has 0 atom stereocenters. The van der Waals surface area contributed by atoms with E-state index >= 15 is 0 Å². The summed E-state index contributed by atoms with van der Waals surface area (Å²) in [7, 11) is 0. The first kappa shape index (κ1) is 13.5. The molecule has 2 aromatic carbocycles. The van der Waals surface area contributed by atoms with Gasteiger partial charge in [-0.25, -0.2) is 4.79 Å². The zero-order valence-electron chi connectivity index (χ0n) is 11.4. The van der Waals surface area contributed by atoms with Gasteiger partial charge in [0.2, 0.25) is 0 Å². The molecule has 2 aromatic rings. The largest absolute Gasteiger partial charge is 0.457 e. The predicted octanol–water partition coefficient (Wildman–Crippen LogP) is 2.57. The van der Waals surface area contributed by atoms with E-state index in [1.165, 1.54) is 0 Å². The van der Waals surface area contributed by atoms with Gasteiger partial charge in [-0.05, 0) is 12.1 Å². The summed E-state index contributed by atoms with van der Waals surface area (Å²) in [5.41, 5.74) is 7.09. The van der Waals surface area contributed by atoms with E-state index in [2.05, 4.69) is 5.32 Å². The lowest BCUT2D eigenvalue weighted by Crippen LogP contribution is -2.29. The van der Waals surface area contributed by atoms with Crippen molar-refractivity contribution < 1.29 is 14.3 Å². The van der Waals surface area contributed by atoms with Crippen LogP contribution in [0.4, 0.5) is 4.79 Å². The Morgan fingerprint density at radius 1 is 1.10 bits per heavy atom. The molecule has 0 saturated heterocycles. The maximum absolute atomic E-state index is 10.6. The van der Waals surface area contributed by atoms with Gasteiger partial charge in [0, 0.05) is 17.7 Å². The maximum Gasteiger partial charge on any atom is 0.404 e. The molecule has 0 radical (unpaired) electrons. The van der Waals surface area contributed by atoms with Crippen molar-refractivity contribution >= 4 is 6.09 Å². The van der Waals surface area contributed by atoms with Gasteiger partial charge in [-0.1, -0.05) is 36.4 Å². The fourth-order valence-corrected chi connectivity index (χ4v) is 2.48. The van der Waals surface area contributed by atoms with E-state index in [9.17, 15) is 4.79 Å². The zero-order valence-corrected chi connectivity index (χ0v) is 11.4. The average molecular weight is 284 g/mol. The average Bonchev–Trinajstić information content (AvgIpc) is 2.50. The van der Waals surface area contributed by atoms with E-state index in [-0.39, 0.29) is 12.6 Å². The van der Waals surface area contributed by atoms with Crippen molar-refractivity contribution in [1.29, 1.82) is 0 Å². The smallest absolute Gasteiger partial charge is 0.404 e. The Bertz CT molecular complexity index is 612. The summed E-state index contributed by atoms with van der Waals surface area (Å²) < 4.78 is 10.7. The minimum atomic E-state index is -0.760. The number of primary amides is 1. The molecule has 0 fully saturated rings. The number of hydrogen-bond donors (Lipinski definition) is 2. The fraction of sp³-hybridized carbons (Fsp3) is 0.188. The number of para-hydroxylation sites is 2. The summed E-state index contributed by atoms with van der Waals surface area (Å²) in [6.45, 7) is 0.743. The van der Waals surface area contributed by atoms with Gasteiger partial charge < -0.3 is 20.5 Å². The molecule has 5 heteroatoms. The van der Waals surface area contributed by atoms with Gasteiger partial charge in [0.1, 0.15) is 18.1 Å². The Morgan fingerprint density at radius 3 is 2.24 bits per heavy atom. The molecule has 0 bridgehead atoms. The Labute approximate surface area is 122 Å². The summed E-state index contributed by atoms with van der Waals surface area (Å²) in [6, 6.07) is 15.8. The number of hydrogen-bond acceptors (Lipinski definition) is 4. The Balaban J connectivity index is 1.83. The number of ether oxygens (including phenoxy) is 2. The Morgan fingerprint density at radius 2 is 1.67 bits per heavy atom. The molecule has 21 heavy (non-hydrogen) atoms. The van der Waals surface area contributed by atoms with Gasteiger partial charge in [-0.15, -0.1) is 0 Å². The third-order valence-electron chi connectivity index (χ3n) is 3.37. The zero-order chi connectivity index (χ0) is 14.7. The number of nitrogens with one attached hydrogen (secondary N) is 1. The van der Waals surface area contributed by atoms with Gasteiger partial charge >= 0.3 is 6.09 Å². The van der Waals surface area contributed by atoms with Crippen LogP contribution in [0, 0.1) is 0 Å². The van der Waals surface area contributed by atoms with Crippen molar-refractivity contribution in [3.8, 4) is 11.5 Å². The molecule has 0 aliphatic carbocycles. The van der Waals surface area contributed by atoms with Crippen LogP contribution < -0.4 is 15.8 Å². The van der Waals surface area contributed by atoms with Gasteiger partial charge in [-0.3, -0.25) is 0 Å². The Hall–Kier alpha value is -2.53. The van der Waals surface area contributed by atoms with Crippen LogP contribution in [0.1, 0.15) is 17.2 Å². The molecule has 108 valence electrons. The SMILES string of the molecule is NC(=O)OCCNC1c2ccccc2Oc2ccccc21. The first-order chi connectivity index (χ1) is 10.3. The summed E-state index contributed by atoms with van der Waals surface area (Å²) in [5, 5.41) is 3.38. The molecule has 3 N–H and O–H groups in total. The van der Waals surface area contributed by atoms with Gasteiger partial charge in [-0.2, -0.15) is 0 Å². The molecular formula is C16H16N2O3. The molecule has 1 amide bonds. The monoisotopic (exact) mass is 284 g/mol. The molecular weight excluding hydrogens is 268 g/mol. The van der Waals surface area contributed by atoms with E-state index in [1.807, 2.05) is 48.5 Å². The standard InChI is InChI=1S/C16H16N2O3/c17-16(19)20-10-9-18-15-11-5-1-3-7-13(11)21-14-8-4-2-6-12(14)15/h1-8,15,18H,9-10H2,(H2,17,19). The molecule has 0 aromatic heterocycles. The number of nitrogens with two attached hydrogens (primary N) is 1. The lowest BCUT2D eigenvalue weighted by Gasteiger charge is -2.28. The molecule has 3 rings (SSSR count). The number of fused-ring (bicyclic) bond motifs is 2. The highest BCUT2D eigenvalue weighted by atomic mass is 16.5. The minimum Gasteiger partial charge on any atom is -0.457 e. The van der Waals surface area contributed by atoms with Crippen LogP contribution in [-0.4, -0.2) is 19.2 Å². The third-order valence-corrected chi connectivity index (χ3v) is 3.37. The highest BCUT2D eigenvalue weighted by molar-refractivity contribution is 5.64. The molecule has 1 aliphatic rings. The lowest BCUT2D eigenvalue weighted by atomic mass is 9.94. The lowest BCUT2D eigenvalue weighted by molar-refractivity contribution is 0.156. The van der Waals surface area contributed by atoms with Crippen LogP contribution in [0.5, 0.6) is 11.5 Å². The van der Waals surface area contributed by atoms with Crippen molar-refractivity contribution in [2.75, 3.05) is 13.2 Å². The molecule has 0 unspecified atom stereocenters. The highest BCUT2D eigenvalue weighted by Gasteiger charge is 2.26. The van der Waals surface area contributed by atoms with Gasteiger partial charge in [0.15, 0.2) is 0 Å². The summed E-state index contributed by atoms with van der Waals surface area (Å²) in [6.07, 6.45) is -0.760. The number of carbonyl (C=O) groups is 1. The number of carbonyl (C=O) groups excluding carboxylic acids is 1. The minimum absolute atomic E-state index is 0.00243. The number of rotatable bonds is 4. The van der Waals surface area contributed by atoms with Crippen molar-refractivity contribution in [3.63, 3.8) is 0 Å². The first-order valence-electron chi connectivity index (χ1n) is 6.77. The summed E-state index contributed by atoms with van der Waals surface area (Å²) in [5.74, 6) is 1.68. The van der Waals surface area contributed by atoms with E-state index < -0.39 is 6.09 Å². The maximum atomic E-state index is 10.6. The summed E-state index contributed by atoms with van der Waals surface area (Å²) >= 11 is 0. The second-order valence-corrected chi connectivity index (χ2v) is 4.73. The Kier molecular flexibility index (Phi) is 3.75. The van der Waals surface area contributed by atoms with Crippen LogP contribution >= 0.6 is 0 Å². The van der Waals surface area contributed by atoms with E-state index in [4.69, 9.17) is 15.2 Å². The molecule has 5 nitrogen and oxygen atoms in total. The van der Waals surface area contributed by atoms with Crippen molar-refractivity contribution in [3.05, 3.63) is 59.7 Å². The van der Waals surface area contributed by atoms with Crippen molar-refractivity contribution in [1.82, 2.24) is 5.32 Å². The van der Waals surface area contributed by atoms with E-state index in [0.717, 1.165) is 22.6 Å². The van der Waals surface area contributed by atoms with Gasteiger partial charge in [0.25, 0.3) is 0 Å². The molecule has 0 saturated carbocycles. The van der Waals surface area contributed by atoms with E-state index in [1.54, 1.807) is 0 Å². The quantitative estimate of drug-likeness (QED) is 0.846. The van der Waals surface area contributed by atoms with Crippen LogP contribution in [-0.2, 0) is 4.74 Å². The van der Waals surface area contributed by atoms with Crippen LogP contribution in [0.3, 0.4) is 0 Å². The first-order valence-corrected chi connectivity index (χ1v) is 6.77. The number of benzene rings is 2. The molecule has 0 spiro atoms. The predicted molar refractivity (Wildman–Crippen MR) is 78.3 cm³/mol. The topological polar surface area (TPSA) is 73.6 Å². The molecule has 1 heterocycles. The van der Waals surface area contributed by atoms with Crippen LogP contribution in [0.25, 0.3) is 0 Å². The number of amides is 1. The second kappa shape index (κ2) is 5.85. The van der Waals surface area contributed by atoms with Crippen LogP contribution in [0.15, 0.2) is 48.5 Å². The normalized spacial score (nSPS) is 13.0. The molecule has 1 aliphatic heterocycles. The van der Waals surface area contributed by atoms with Crippen molar-refractivity contribution in [2.45, 2.75) is 6.04 Å². The second-order valence-electron chi connectivity index (χ2n) is 4.73. The van der Waals surface area contributed by atoms with Crippen LogP contribution in [0.2, 0.25) is 0 Å². The summed E-state index contributed by atoms with van der Waals surface area (Å²) in [4.78, 5) is 10.6. The fourth-order valence-electron chi connectivity index (χ4n) is 2.48. The third kappa shape index (κ3) is 2.83. The van der Waals surface area contributed by atoms with E-state index in [0.29, 0.717) is 6.54 Å².